The van der Waals surface area contributed by atoms with Gasteiger partial charge in [0, 0.05) is 22.2 Å². The molecule has 8 heteroatoms. The van der Waals surface area contributed by atoms with Crippen molar-refractivity contribution in [2.45, 2.75) is 49.4 Å². The van der Waals surface area contributed by atoms with E-state index in [1.54, 1.807) is 14.2 Å². The third-order valence-electron chi connectivity index (χ3n) is 7.69. The van der Waals surface area contributed by atoms with Crippen LogP contribution in [-0.2, 0) is 12.8 Å². The molecule has 3 aromatic carbocycles. The highest BCUT2D eigenvalue weighted by atomic mass is 32.2. The van der Waals surface area contributed by atoms with Crippen LogP contribution in [-0.4, -0.2) is 45.1 Å². The van der Waals surface area contributed by atoms with Crippen molar-refractivity contribution in [3.63, 3.8) is 0 Å². The smallest absolute Gasteiger partial charge is 0.244 e. The number of benzene rings is 3. The number of fused-ring (bicyclic) bond motifs is 3. The molecule has 1 aliphatic rings. The van der Waals surface area contributed by atoms with E-state index in [0.29, 0.717) is 23.0 Å². The molecule has 0 radical (unpaired) electrons. The lowest BCUT2D eigenvalue weighted by Crippen LogP contribution is -2.26. The maximum Gasteiger partial charge on any atom is 0.244 e. The van der Waals surface area contributed by atoms with E-state index in [1.807, 2.05) is 66.1 Å². The van der Waals surface area contributed by atoms with Crippen LogP contribution in [0.25, 0.3) is 33.4 Å². The van der Waals surface area contributed by atoms with Crippen LogP contribution in [0.2, 0.25) is 0 Å². The zero-order valence-electron chi connectivity index (χ0n) is 23.5. The minimum Gasteiger partial charge on any atom is -0.497 e. The molecule has 0 saturated carbocycles. The Labute approximate surface area is 243 Å². The van der Waals surface area contributed by atoms with Gasteiger partial charge >= 0.3 is 0 Å². The van der Waals surface area contributed by atoms with Gasteiger partial charge in [0.15, 0.2) is 0 Å². The molecule has 5 aromatic rings. The zero-order chi connectivity index (χ0) is 28.3. The number of aromatic nitrogens is 4. The molecule has 0 saturated heterocycles. The van der Waals surface area contributed by atoms with Gasteiger partial charge < -0.3 is 9.47 Å². The van der Waals surface area contributed by atoms with Crippen molar-refractivity contribution in [2.24, 2.45) is 0 Å². The molecular formula is C33H32N4O3S. The fourth-order valence-corrected chi connectivity index (χ4v) is 6.44. The minimum absolute atomic E-state index is 0.0747. The van der Waals surface area contributed by atoms with Crippen molar-refractivity contribution in [1.29, 1.82) is 0 Å². The molecule has 0 spiro atoms. The first-order chi connectivity index (χ1) is 20.1. The number of para-hydroxylation sites is 1. The summed E-state index contributed by atoms with van der Waals surface area (Å²) in [6.07, 6.45) is 4.85. The highest BCUT2D eigenvalue weighted by Gasteiger charge is 2.29. The Hall–Kier alpha value is -4.17. The Kier molecular flexibility index (Phi) is 7.74. The summed E-state index contributed by atoms with van der Waals surface area (Å²) in [4.78, 5) is 19.1. The van der Waals surface area contributed by atoms with Gasteiger partial charge in [0.1, 0.15) is 22.9 Å². The quantitative estimate of drug-likeness (QED) is 0.183. The summed E-state index contributed by atoms with van der Waals surface area (Å²) < 4.78 is 12.7. The van der Waals surface area contributed by atoms with Crippen molar-refractivity contribution >= 4 is 28.6 Å². The van der Waals surface area contributed by atoms with Crippen molar-refractivity contribution in [2.75, 3.05) is 14.2 Å². The number of hydrogen-bond donors (Lipinski definition) is 0. The van der Waals surface area contributed by atoms with Crippen LogP contribution in [0.5, 0.6) is 11.5 Å². The molecule has 2 aromatic heterocycles. The van der Waals surface area contributed by atoms with Gasteiger partial charge in [-0.2, -0.15) is 0 Å². The molecule has 1 aliphatic carbocycles. The number of aryl methyl sites for hydroxylation is 1. The molecule has 0 fully saturated rings. The average Bonchev–Trinajstić information content (AvgIpc) is 3.38. The number of methoxy groups -OCH3 is 2. The predicted molar refractivity (Wildman–Crippen MR) is 163 cm³/mol. The zero-order valence-corrected chi connectivity index (χ0v) is 24.3. The highest BCUT2D eigenvalue weighted by Crippen LogP contribution is 2.36. The van der Waals surface area contributed by atoms with Crippen LogP contribution in [0, 0.1) is 0 Å². The summed E-state index contributed by atoms with van der Waals surface area (Å²) >= 11 is 1.38. The predicted octanol–water partition coefficient (Wildman–Crippen LogP) is 7.27. The SMILES string of the molecule is CCC(Sc1nnc(-c2ccc(OC)cc2)c(-c2ccc(OC)cc2)n1)C(=O)n1c2c(c3ccccc31)CCCC2. The maximum absolute atomic E-state index is 14.1. The topological polar surface area (TPSA) is 79.1 Å². The lowest BCUT2D eigenvalue weighted by molar-refractivity contribution is 0.0910. The Balaban J connectivity index is 1.38. The van der Waals surface area contributed by atoms with Gasteiger partial charge in [-0.05, 0) is 92.3 Å². The number of thioether (sulfide) groups is 1. The first-order valence-corrected chi connectivity index (χ1v) is 14.8. The Morgan fingerprint density at radius 3 is 2.15 bits per heavy atom. The van der Waals surface area contributed by atoms with Crippen molar-refractivity contribution in [3.8, 4) is 34.0 Å². The van der Waals surface area contributed by atoms with Gasteiger partial charge in [-0.1, -0.05) is 36.9 Å². The van der Waals surface area contributed by atoms with E-state index in [1.165, 1.54) is 22.7 Å². The van der Waals surface area contributed by atoms with Crippen molar-refractivity contribution in [3.05, 3.63) is 84.1 Å². The molecule has 0 amide bonds. The molecule has 2 heterocycles. The molecule has 0 aliphatic heterocycles. The second-order valence-electron chi connectivity index (χ2n) is 10.1. The molecule has 1 atom stereocenters. The highest BCUT2D eigenvalue weighted by molar-refractivity contribution is 8.00. The van der Waals surface area contributed by atoms with Crippen molar-refractivity contribution in [1.82, 2.24) is 19.7 Å². The summed E-state index contributed by atoms with van der Waals surface area (Å²) in [5, 5.41) is 10.4. The summed E-state index contributed by atoms with van der Waals surface area (Å²) in [5.74, 6) is 1.60. The summed E-state index contributed by atoms with van der Waals surface area (Å²) in [5.41, 5.74) is 6.60. The monoisotopic (exact) mass is 564 g/mol. The van der Waals surface area contributed by atoms with E-state index in [-0.39, 0.29) is 11.2 Å². The van der Waals surface area contributed by atoms with Crippen LogP contribution in [0.1, 0.15) is 42.2 Å². The Bertz CT molecular complexity index is 1700. The van der Waals surface area contributed by atoms with Gasteiger partial charge in [0.2, 0.25) is 11.1 Å². The molecule has 7 nitrogen and oxygen atoms in total. The number of hydrogen-bond acceptors (Lipinski definition) is 7. The summed E-state index contributed by atoms with van der Waals surface area (Å²) in [6, 6.07) is 23.7. The first-order valence-electron chi connectivity index (χ1n) is 14.0. The first kappa shape index (κ1) is 27.0. The third-order valence-corrected chi connectivity index (χ3v) is 8.89. The summed E-state index contributed by atoms with van der Waals surface area (Å²) in [7, 11) is 3.29. The van der Waals surface area contributed by atoms with Gasteiger partial charge in [0.05, 0.1) is 25.0 Å². The van der Waals surface area contributed by atoms with E-state index in [2.05, 4.69) is 28.4 Å². The number of nitrogens with zero attached hydrogens (tertiary/aromatic N) is 4. The average molecular weight is 565 g/mol. The van der Waals surface area contributed by atoms with Gasteiger partial charge in [-0.15, -0.1) is 10.2 Å². The largest absolute Gasteiger partial charge is 0.497 e. The number of carbonyl (C=O) groups excluding carboxylic acids is 1. The molecular weight excluding hydrogens is 532 g/mol. The Morgan fingerprint density at radius 2 is 1.49 bits per heavy atom. The molecule has 0 bridgehead atoms. The molecule has 41 heavy (non-hydrogen) atoms. The molecule has 208 valence electrons. The van der Waals surface area contributed by atoms with Crippen molar-refractivity contribution < 1.29 is 14.3 Å². The van der Waals surface area contributed by atoms with Gasteiger partial charge in [0.25, 0.3) is 0 Å². The summed E-state index contributed by atoms with van der Waals surface area (Å²) in [6.45, 7) is 2.04. The lowest BCUT2D eigenvalue weighted by Gasteiger charge is -2.19. The standard InChI is InChI=1S/C33H32N4O3S/c1-4-29(32(38)37-27-11-7-5-9-25(27)26-10-6-8-12-28(26)37)41-33-34-30(21-13-17-23(39-2)18-14-21)31(35-36-33)22-15-19-24(40-3)20-16-22/h5,7,9,11,13-20,29H,4,6,8,10,12H2,1-3H3. The van der Waals surface area contributed by atoms with E-state index in [4.69, 9.17) is 14.5 Å². The lowest BCUT2D eigenvalue weighted by atomic mass is 9.95. The van der Waals surface area contributed by atoms with Crippen LogP contribution in [0.15, 0.2) is 78.0 Å². The van der Waals surface area contributed by atoms with E-state index < -0.39 is 0 Å². The normalized spacial score (nSPS) is 13.5. The second-order valence-corrected chi connectivity index (χ2v) is 11.3. The van der Waals surface area contributed by atoms with Gasteiger partial charge in [-0.25, -0.2) is 4.98 Å². The molecule has 0 N–H and O–H groups in total. The molecule has 1 unspecified atom stereocenters. The van der Waals surface area contributed by atoms with Crippen LogP contribution in [0.4, 0.5) is 0 Å². The minimum atomic E-state index is -0.353. The number of rotatable bonds is 8. The Morgan fingerprint density at radius 1 is 0.854 bits per heavy atom. The number of ether oxygens (including phenoxy) is 2. The van der Waals surface area contributed by atoms with Crippen LogP contribution < -0.4 is 9.47 Å². The maximum atomic E-state index is 14.1. The van der Waals surface area contributed by atoms with E-state index in [0.717, 1.165) is 59.5 Å². The van der Waals surface area contributed by atoms with Gasteiger partial charge in [-0.3, -0.25) is 9.36 Å². The fraction of sp³-hybridized carbons (Fsp3) is 0.273. The molecule has 6 rings (SSSR count). The van der Waals surface area contributed by atoms with E-state index in [9.17, 15) is 4.79 Å². The second kappa shape index (κ2) is 11.7. The third kappa shape index (κ3) is 5.20. The fourth-order valence-electron chi connectivity index (χ4n) is 5.58. The van der Waals surface area contributed by atoms with Crippen LogP contribution >= 0.6 is 11.8 Å². The van der Waals surface area contributed by atoms with Crippen LogP contribution in [0.3, 0.4) is 0 Å². The van der Waals surface area contributed by atoms with E-state index >= 15 is 0 Å². The number of carbonyl (C=O) groups is 1.